The van der Waals surface area contributed by atoms with E-state index in [1.807, 2.05) is 140 Å². The van der Waals surface area contributed by atoms with Crippen molar-refractivity contribution >= 4 is 21.8 Å². The van der Waals surface area contributed by atoms with Crippen molar-refractivity contribution < 1.29 is 35.8 Å². The molecule has 0 saturated carbocycles. The third-order valence-corrected chi connectivity index (χ3v) is 12.2. The molecule has 0 fully saturated rings. The quantitative estimate of drug-likeness (QED) is 0.113. The number of alkyl halides is 6. The van der Waals surface area contributed by atoms with Crippen molar-refractivity contribution in [2.75, 3.05) is 0 Å². The van der Waals surface area contributed by atoms with Crippen molar-refractivity contribution in [3.05, 3.63) is 233 Å². The van der Waals surface area contributed by atoms with E-state index in [1.165, 1.54) is 12.1 Å². The summed E-state index contributed by atoms with van der Waals surface area (Å²) in [4.78, 5) is 0. The summed E-state index contributed by atoms with van der Waals surface area (Å²) in [6, 6.07) is 58.6. The Balaban J connectivity index is 0.000000172. The number of ether oxygens (including phenoxy) is 2. The average Bonchev–Trinajstić information content (AvgIpc) is 4.19. The minimum absolute atomic E-state index is 0.0797. The summed E-state index contributed by atoms with van der Waals surface area (Å²) in [5, 5.41) is 32.6. The van der Waals surface area contributed by atoms with Crippen LogP contribution in [0.1, 0.15) is 38.9 Å². The van der Waals surface area contributed by atoms with Gasteiger partial charge in [-0.3, -0.25) is 9.36 Å². The predicted molar refractivity (Wildman–Crippen MR) is 271 cm³/mol. The van der Waals surface area contributed by atoms with Crippen LogP contribution in [-0.2, 0) is 38.7 Å². The summed E-state index contributed by atoms with van der Waals surface area (Å²) < 4.78 is 98.1. The van der Waals surface area contributed by atoms with Crippen LogP contribution in [0.2, 0.25) is 0 Å². The van der Waals surface area contributed by atoms with Gasteiger partial charge in [-0.05, 0) is 76.0 Å². The Morgan fingerprint density at radius 2 is 0.933 bits per heavy atom. The van der Waals surface area contributed by atoms with Gasteiger partial charge < -0.3 is 9.47 Å². The molecule has 0 spiro atoms. The molecular weight excluding hydrogens is 969 g/mol. The maximum atomic E-state index is 13.8. The molecule has 8 aromatic carbocycles. The van der Waals surface area contributed by atoms with Crippen molar-refractivity contribution in [3.63, 3.8) is 0 Å². The third-order valence-electron chi connectivity index (χ3n) is 12.2. The molecule has 0 saturated heterocycles. The number of nitrogens with one attached hydrogen (secondary N) is 1. The molecule has 11 rings (SSSR count). The first-order chi connectivity index (χ1) is 36.4. The third kappa shape index (κ3) is 11.2. The zero-order chi connectivity index (χ0) is 51.9. The van der Waals surface area contributed by atoms with E-state index >= 15 is 0 Å². The summed E-state index contributed by atoms with van der Waals surface area (Å²) in [6.45, 7) is 1.23. The predicted octanol–water partition coefficient (Wildman–Crippen LogP) is 13.8. The lowest BCUT2D eigenvalue weighted by Gasteiger charge is -2.11. The van der Waals surface area contributed by atoms with Gasteiger partial charge in [0.1, 0.15) is 35.7 Å². The number of hydrogen-bond acceptors (Lipinski definition) is 8. The van der Waals surface area contributed by atoms with Gasteiger partial charge in [0.25, 0.3) is 0 Å². The lowest BCUT2D eigenvalue weighted by atomic mass is 10.0. The number of nitrogens with zero attached hydrogens (tertiary/aromatic N) is 8. The second-order valence-corrected chi connectivity index (χ2v) is 17.3. The molecule has 1 N–H and O–H groups in total. The van der Waals surface area contributed by atoms with Crippen molar-refractivity contribution in [1.29, 1.82) is 5.26 Å². The number of rotatable bonds is 13. The van der Waals surface area contributed by atoms with Crippen LogP contribution in [0.5, 0.6) is 11.5 Å². The molecule has 3 aromatic heterocycles. The first-order valence-corrected chi connectivity index (χ1v) is 23.4. The summed E-state index contributed by atoms with van der Waals surface area (Å²) in [5.74, 6) is 1.66. The van der Waals surface area contributed by atoms with E-state index in [-0.39, 0.29) is 17.6 Å². The van der Waals surface area contributed by atoms with Gasteiger partial charge in [0.15, 0.2) is 0 Å². The number of aromatic amines is 1. The fraction of sp³-hybridized carbons (Fsp3) is 0.103. The average molecular weight is 1010 g/mol. The van der Waals surface area contributed by atoms with E-state index in [0.717, 1.165) is 39.9 Å². The van der Waals surface area contributed by atoms with Crippen LogP contribution in [0.4, 0.5) is 26.3 Å². The Kier molecular flexibility index (Phi) is 13.9. The first-order valence-electron chi connectivity index (χ1n) is 23.4. The van der Waals surface area contributed by atoms with Gasteiger partial charge in [0.05, 0.1) is 47.2 Å². The Bertz CT molecular complexity index is 3760. The molecule has 0 radical (unpaired) electrons. The Morgan fingerprint density at radius 1 is 0.480 bits per heavy atom. The standard InChI is InChI=1S/C29H21F3N6O.C29H20F3N3O/c30-29(31,32)25-11-5-10-24-26(25)35-38(17-19-6-2-1-3-7-19)27(24)22-8-4-9-23(16-22)39-18-20-12-14-21(15-13-20)28-33-36-37-34-28;30-29(31,32)26-11-5-10-25-27(26)34-35(18-21-6-2-1-3-7-21)28(25)23-8-4-9-24(16-23)36-19-22-14-12-20(17-33)13-15-22/h1-16H,17-18H2,(H,33,34,36,37);1-16H,18-19H2. The molecule has 0 aliphatic heterocycles. The number of H-pyrrole nitrogens is 1. The largest absolute Gasteiger partial charge is 0.489 e. The first kappa shape index (κ1) is 49.0. The van der Waals surface area contributed by atoms with Crippen molar-refractivity contribution in [2.45, 2.75) is 38.7 Å². The van der Waals surface area contributed by atoms with Crippen molar-refractivity contribution in [3.8, 4) is 51.5 Å². The number of hydrogen-bond donors (Lipinski definition) is 1. The maximum Gasteiger partial charge on any atom is 0.418 e. The fourth-order valence-corrected chi connectivity index (χ4v) is 8.62. The molecule has 0 atom stereocenters. The molecule has 3 heterocycles. The van der Waals surface area contributed by atoms with E-state index in [2.05, 4.69) is 36.9 Å². The second kappa shape index (κ2) is 21.3. The lowest BCUT2D eigenvalue weighted by molar-refractivity contribution is -0.137. The van der Waals surface area contributed by atoms with Crippen LogP contribution in [-0.4, -0.2) is 40.2 Å². The number of benzene rings is 8. The molecule has 0 unspecified atom stereocenters. The van der Waals surface area contributed by atoms with Gasteiger partial charge >= 0.3 is 12.4 Å². The van der Waals surface area contributed by atoms with Crippen LogP contribution in [0.25, 0.3) is 55.7 Å². The van der Waals surface area contributed by atoms with E-state index in [0.29, 0.717) is 75.9 Å². The summed E-state index contributed by atoms with van der Waals surface area (Å²) in [5.41, 5.74) is 5.97. The number of halogens is 6. The molecule has 75 heavy (non-hydrogen) atoms. The molecule has 0 aliphatic rings. The van der Waals surface area contributed by atoms with Gasteiger partial charge in [0.2, 0.25) is 5.82 Å². The van der Waals surface area contributed by atoms with E-state index in [4.69, 9.17) is 14.7 Å². The molecule has 11 nitrogen and oxygen atoms in total. The fourth-order valence-electron chi connectivity index (χ4n) is 8.62. The summed E-state index contributed by atoms with van der Waals surface area (Å²) in [7, 11) is 0. The molecule has 372 valence electrons. The van der Waals surface area contributed by atoms with Crippen LogP contribution in [0, 0.1) is 11.3 Å². The summed E-state index contributed by atoms with van der Waals surface area (Å²) >= 11 is 0. The van der Waals surface area contributed by atoms with Gasteiger partial charge in [-0.25, -0.2) is 0 Å². The lowest BCUT2D eigenvalue weighted by Crippen LogP contribution is -2.06. The molecule has 17 heteroatoms. The van der Waals surface area contributed by atoms with Crippen LogP contribution in [0.15, 0.2) is 194 Å². The number of tetrazole rings is 1. The minimum atomic E-state index is -4.52. The van der Waals surface area contributed by atoms with E-state index < -0.39 is 23.5 Å². The molecule has 0 aliphatic carbocycles. The number of aromatic nitrogens is 8. The highest BCUT2D eigenvalue weighted by molar-refractivity contribution is 5.96. The van der Waals surface area contributed by atoms with Gasteiger partial charge in [-0.1, -0.05) is 146 Å². The molecule has 0 amide bonds. The number of fused-ring (bicyclic) bond motifs is 2. The van der Waals surface area contributed by atoms with Crippen molar-refractivity contribution in [1.82, 2.24) is 40.2 Å². The molecule has 0 bridgehead atoms. The van der Waals surface area contributed by atoms with Gasteiger partial charge in [-0.2, -0.15) is 47.0 Å². The van der Waals surface area contributed by atoms with Crippen LogP contribution >= 0.6 is 0 Å². The Morgan fingerprint density at radius 3 is 1.36 bits per heavy atom. The zero-order valence-electron chi connectivity index (χ0n) is 39.5. The minimum Gasteiger partial charge on any atom is -0.489 e. The second-order valence-electron chi connectivity index (χ2n) is 17.3. The van der Waals surface area contributed by atoms with Crippen LogP contribution in [0.3, 0.4) is 0 Å². The SMILES string of the molecule is FC(F)(F)c1cccc2c(-c3cccc(OCc4ccc(-c5nn[nH]n5)cc4)c3)n(Cc3ccccc3)nc12.N#Cc1ccc(COc2cccc(-c3c4cccc(C(F)(F)F)c4nn3Cc3ccccc3)c2)cc1. The smallest absolute Gasteiger partial charge is 0.418 e. The van der Waals surface area contributed by atoms with Gasteiger partial charge in [0, 0.05) is 27.5 Å². The molecular formula is C58H41F6N9O2. The van der Waals surface area contributed by atoms with Crippen LogP contribution < -0.4 is 9.47 Å². The maximum absolute atomic E-state index is 13.8. The highest BCUT2D eigenvalue weighted by Gasteiger charge is 2.36. The van der Waals surface area contributed by atoms with E-state index in [1.54, 1.807) is 39.7 Å². The monoisotopic (exact) mass is 1010 g/mol. The highest BCUT2D eigenvalue weighted by Crippen LogP contribution is 2.41. The Hall–Kier alpha value is -9.56. The molecule has 11 aromatic rings. The Labute approximate surface area is 424 Å². The highest BCUT2D eigenvalue weighted by atomic mass is 19.4. The zero-order valence-corrected chi connectivity index (χ0v) is 39.5. The summed E-state index contributed by atoms with van der Waals surface area (Å²) in [6.07, 6.45) is -9.04. The topological polar surface area (TPSA) is 132 Å². The van der Waals surface area contributed by atoms with E-state index in [9.17, 15) is 26.3 Å². The van der Waals surface area contributed by atoms with Crippen molar-refractivity contribution in [2.24, 2.45) is 0 Å². The van der Waals surface area contributed by atoms with Gasteiger partial charge in [-0.15, -0.1) is 10.2 Å². The normalized spacial score (nSPS) is 11.5. The number of nitriles is 1.